The third kappa shape index (κ3) is 9.35. The van der Waals surface area contributed by atoms with E-state index in [4.69, 9.17) is 14.2 Å². The van der Waals surface area contributed by atoms with Crippen molar-refractivity contribution >= 4 is 14.5 Å². The Bertz CT molecular complexity index is 429. The molecule has 0 radical (unpaired) electrons. The largest absolute Gasteiger partial charge is 0.517 e. The first-order chi connectivity index (χ1) is 12.2. The van der Waals surface area contributed by atoms with Crippen molar-refractivity contribution in [2.75, 3.05) is 19.8 Å². The zero-order valence-electron chi connectivity index (χ0n) is 16.4. The van der Waals surface area contributed by atoms with E-state index in [2.05, 4.69) is 30.0 Å². The number of ether oxygens (including phenoxy) is 3. The molecule has 0 fully saturated rings. The summed E-state index contributed by atoms with van der Waals surface area (Å²) in [5.41, 5.74) is 0. The van der Waals surface area contributed by atoms with Crippen LogP contribution in [-0.2, 0) is 0 Å². The zero-order chi connectivity index (χ0) is 18.3. The maximum Gasteiger partial charge on any atom is 0.126 e. The minimum Gasteiger partial charge on any atom is -0.517 e. The lowest BCUT2D eigenvalue weighted by Gasteiger charge is -2.21. The van der Waals surface area contributed by atoms with Gasteiger partial charge in [-0.2, -0.15) is 0 Å². The molecule has 0 saturated heterocycles. The second-order valence-electron chi connectivity index (χ2n) is 6.46. The van der Waals surface area contributed by atoms with Crippen molar-refractivity contribution < 1.29 is 14.2 Å². The van der Waals surface area contributed by atoms with Gasteiger partial charge in [0.05, 0.1) is 31.3 Å². The smallest absolute Gasteiger partial charge is 0.126 e. The monoisotopic (exact) mass is 367 g/mol. The van der Waals surface area contributed by atoms with Crippen LogP contribution in [0.5, 0.6) is 17.2 Å². The van der Waals surface area contributed by atoms with Gasteiger partial charge in [0.1, 0.15) is 5.75 Å². The third-order valence-corrected chi connectivity index (χ3v) is 4.56. The molecule has 0 N–H and O–H groups in total. The van der Waals surface area contributed by atoms with Crippen LogP contribution in [0.1, 0.15) is 78.6 Å². The third-order valence-electron chi connectivity index (χ3n) is 4.07. The van der Waals surface area contributed by atoms with Crippen LogP contribution >= 0.6 is 9.24 Å². The molecule has 1 aromatic rings. The Kier molecular flexibility index (Phi) is 12.6. The molecule has 0 heterocycles. The molecule has 0 bridgehead atoms. The molecule has 0 aromatic heterocycles. The highest BCUT2D eigenvalue weighted by atomic mass is 31.0. The molecular formula is C21H36O3P-. The van der Waals surface area contributed by atoms with Gasteiger partial charge in [-0.3, -0.25) is 0 Å². The molecule has 0 unspecified atom stereocenters. The fourth-order valence-electron chi connectivity index (χ4n) is 2.49. The van der Waals surface area contributed by atoms with Crippen LogP contribution in [0, 0.1) is 0 Å². The first kappa shape index (κ1) is 22.1. The van der Waals surface area contributed by atoms with E-state index < -0.39 is 0 Å². The highest BCUT2D eigenvalue weighted by Crippen LogP contribution is 2.28. The first-order valence-electron chi connectivity index (χ1n) is 10.0. The lowest BCUT2D eigenvalue weighted by molar-refractivity contribution is 0.280. The number of hydrogen-bond acceptors (Lipinski definition) is 3. The van der Waals surface area contributed by atoms with Gasteiger partial charge in [-0.05, 0) is 19.3 Å². The molecule has 0 aliphatic rings. The molecule has 0 aliphatic carbocycles. The van der Waals surface area contributed by atoms with Crippen LogP contribution in [0.25, 0.3) is 0 Å². The van der Waals surface area contributed by atoms with Gasteiger partial charge in [0.25, 0.3) is 0 Å². The molecule has 4 heteroatoms. The Balaban J connectivity index is 2.72. The van der Waals surface area contributed by atoms with Crippen molar-refractivity contribution in [2.24, 2.45) is 0 Å². The van der Waals surface area contributed by atoms with Crippen LogP contribution in [0.3, 0.4) is 0 Å². The summed E-state index contributed by atoms with van der Waals surface area (Å²) < 4.78 is 17.9. The molecule has 3 nitrogen and oxygen atoms in total. The van der Waals surface area contributed by atoms with E-state index in [1.165, 1.54) is 38.5 Å². The van der Waals surface area contributed by atoms with Crippen molar-refractivity contribution in [1.82, 2.24) is 0 Å². The van der Waals surface area contributed by atoms with Crippen LogP contribution < -0.4 is 19.5 Å². The molecule has 25 heavy (non-hydrogen) atoms. The van der Waals surface area contributed by atoms with Crippen molar-refractivity contribution in [1.29, 1.82) is 0 Å². The molecule has 1 aromatic carbocycles. The summed E-state index contributed by atoms with van der Waals surface area (Å²) in [6.45, 7) is 8.77. The Labute approximate surface area is 157 Å². The summed E-state index contributed by atoms with van der Waals surface area (Å²) in [5, 5.41) is 0.883. The van der Waals surface area contributed by atoms with Gasteiger partial charge in [0.15, 0.2) is 0 Å². The van der Waals surface area contributed by atoms with Gasteiger partial charge in [-0.1, -0.05) is 59.3 Å². The molecular weight excluding hydrogens is 331 g/mol. The van der Waals surface area contributed by atoms with Gasteiger partial charge >= 0.3 is 0 Å². The topological polar surface area (TPSA) is 27.7 Å². The zero-order valence-corrected chi connectivity index (χ0v) is 17.4. The number of benzene rings is 1. The number of rotatable bonds is 15. The Hall–Kier alpha value is -0.950. The molecule has 0 atom stereocenters. The predicted octanol–water partition coefficient (Wildman–Crippen LogP) is 6.16. The van der Waals surface area contributed by atoms with E-state index >= 15 is 0 Å². The maximum absolute atomic E-state index is 5.97. The molecule has 0 aliphatic heterocycles. The van der Waals surface area contributed by atoms with Crippen molar-refractivity contribution in [2.45, 2.75) is 78.6 Å². The molecule has 0 amide bonds. The number of unbranched alkanes of at least 4 members (excludes halogenated alkanes) is 6. The molecule has 0 spiro atoms. The average molecular weight is 367 g/mol. The standard InChI is InChI=1S/C21H36O3P/c1-4-7-10-13-22-18-16-19(23-14-11-8-5-2)21(25)20(17-18)24-15-12-9-6-3/h16-17,25H,4-15H2,1-3H3/q-1. The lowest BCUT2D eigenvalue weighted by atomic mass is 10.2. The van der Waals surface area contributed by atoms with Gasteiger partial charge in [0.2, 0.25) is 0 Å². The Morgan fingerprint density at radius 2 is 1.04 bits per heavy atom. The van der Waals surface area contributed by atoms with Crippen molar-refractivity contribution in [3.8, 4) is 17.2 Å². The van der Waals surface area contributed by atoms with Crippen LogP contribution in [0.15, 0.2) is 12.1 Å². The molecule has 144 valence electrons. The van der Waals surface area contributed by atoms with Gasteiger partial charge in [-0.25, -0.2) is 0 Å². The van der Waals surface area contributed by atoms with Gasteiger partial charge in [0, 0.05) is 12.1 Å². The fraction of sp³-hybridized carbons (Fsp3) is 0.714. The highest BCUT2D eigenvalue weighted by Gasteiger charge is 2.07. The van der Waals surface area contributed by atoms with Crippen LogP contribution in [0.2, 0.25) is 0 Å². The maximum atomic E-state index is 5.97. The molecule has 1 rings (SSSR count). The highest BCUT2D eigenvalue weighted by molar-refractivity contribution is 7.28. The van der Waals surface area contributed by atoms with Crippen LogP contribution in [0.4, 0.5) is 0 Å². The predicted molar refractivity (Wildman–Crippen MR) is 109 cm³/mol. The lowest BCUT2D eigenvalue weighted by Crippen LogP contribution is -2.11. The quantitative estimate of drug-likeness (QED) is 0.274. The van der Waals surface area contributed by atoms with E-state index in [9.17, 15) is 0 Å². The number of hydrogen-bond donors (Lipinski definition) is 0. The first-order valence-corrected chi connectivity index (χ1v) is 10.5. The normalized spacial score (nSPS) is 10.7. The van der Waals surface area contributed by atoms with E-state index in [0.29, 0.717) is 0 Å². The summed E-state index contributed by atoms with van der Waals surface area (Å²) in [6.07, 6.45) is 10.3. The summed E-state index contributed by atoms with van der Waals surface area (Å²) in [4.78, 5) is 0. The Morgan fingerprint density at radius 3 is 1.44 bits per heavy atom. The SMILES string of the molecule is CCCCCOc1cc(OCCCCC)c([PH-])c(OCCCCC)c1. The van der Waals surface area contributed by atoms with Crippen molar-refractivity contribution in [3.05, 3.63) is 12.1 Å². The molecule has 0 saturated carbocycles. The fourth-order valence-corrected chi connectivity index (χ4v) is 2.78. The summed E-state index contributed by atoms with van der Waals surface area (Å²) in [5.74, 6) is 2.45. The van der Waals surface area contributed by atoms with E-state index in [-0.39, 0.29) is 0 Å². The van der Waals surface area contributed by atoms with E-state index in [1.54, 1.807) is 0 Å². The summed E-state index contributed by atoms with van der Waals surface area (Å²) in [6, 6.07) is 3.94. The van der Waals surface area contributed by atoms with Gasteiger partial charge in [-0.15, -0.1) is 5.30 Å². The summed E-state index contributed by atoms with van der Waals surface area (Å²) >= 11 is 0. The van der Waals surface area contributed by atoms with Crippen LogP contribution in [-0.4, -0.2) is 19.8 Å². The van der Waals surface area contributed by atoms with Crippen molar-refractivity contribution in [3.63, 3.8) is 0 Å². The Morgan fingerprint density at radius 1 is 0.640 bits per heavy atom. The minimum atomic E-state index is 0.722. The van der Waals surface area contributed by atoms with Gasteiger partial charge < -0.3 is 23.5 Å². The minimum absolute atomic E-state index is 0.722. The average Bonchev–Trinajstić information content (AvgIpc) is 2.62. The summed E-state index contributed by atoms with van der Waals surface area (Å²) in [7, 11) is 3.70. The van der Waals surface area contributed by atoms with E-state index in [1.807, 2.05) is 12.1 Å². The van der Waals surface area contributed by atoms with E-state index in [0.717, 1.165) is 61.6 Å². The second-order valence-corrected chi connectivity index (χ2v) is 6.96. The second kappa shape index (κ2) is 14.2.